The Balaban J connectivity index is 2.07. The largest absolute Gasteiger partial charge is 0.496 e. The molecule has 0 unspecified atom stereocenters. The molecule has 7 nitrogen and oxygen atoms in total. The molecule has 0 heterocycles. The summed E-state index contributed by atoms with van der Waals surface area (Å²) in [5.41, 5.74) is 1.40. The molecule has 9 heteroatoms. The molecule has 0 saturated carbocycles. The van der Waals surface area contributed by atoms with Gasteiger partial charge in [0.25, 0.3) is 0 Å². The summed E-state index contributed by atoms with van der Waals surface area (Å²) in [5.74, 6) is 0.703. The van der Waals surface area contributed by atoms with Gasteiger partial charge in [-0.05, 0) is 29.8 Å². The van der Waals surface area contributed by atoms with Crippen LogP contribution >= 0.6 is 11.6 Å². The summed E-state index contributed by atoms with van der Waals surface area (Å²) in [6.45, 7) is -0.0924. The van der Waals surface area contributed by atoms with Gasteiger partial charge in [-0.3, -0.25) is 4.79 Å². The average molecular weight is 427 g/mol. The Morgan fingerprint density at radius 1 is 1.07 bits per heavy atom. The van der Waals surface area contributed by atoms with E-state index in [0.29, 0.717) is 22.1 Å². The first-order chi connectivity index (χ1) is 13.2. The number of hydrogen-bond donors (Lipinski definition) is 1. The molecule has 0 radical (unpaired) electrons. The number of sulfonamides is 1. The number of carbonyl (C=O) groups excluding carboxylic acids is 1. The molecule has 0 atom stereocenters. The zero-order valence-corrected chi connectivity index (χ0v) is 17.5. The Kier molecular flexibility index (Phi) is 7.68. The summed E-state index contributed by atoms with van der Waals surface area (Å²) in [6, 6.07) is 12.1. The number of methoxy groups -OCH3 is 2. The van der Waals surface area contributed by atoms with E-state index in [4.69, 9.17) is 21.1 Å². The van der Waals surface area contributed by atoms with Crippen molar-refractivity contribution in [1.29, 1.82) is 0 Å². The lowest BCUT2D eigenvalue weighted by Gasteiger charge is -2.20. The van der Waals surface area contributed by atoms with Crippen LogP contribution in [0.25, 0.3) is 0 Å². The zero-order chi connectivity index (χ0) is 20.7. The molecule has 2 rings (SSSR count). The monoisotopic (exact) mass is 426 g/mol. The highest BCUT2D eigenvalue weighted by Gasteiger charge is 2.21. The van der Waals surface area contributed by atoms with Gasteiger partial charge in [-0.2, -0.15) is 4.31 Å². The van der Waals surface area contributed by atoms with E-state index in [0.717, 1.165) is 16.1 Å². The van der Waals surface area contributed by atoms with Gasteiger partial charge in [0.1, 0.15) is 11.5 Å². The smallest absolute Gasteiger partial charge is 0.235 e. The van der Waals surface area contributed by atoms with Crippen molar-refractivity contribution in [2.45, 2.75) is 13.1 Å². The summed E-state index contributed by atoms with van der Waals surface area (Å²) in [5, 5.41) is 3.27. The van der Waals surface area contributed by atoms with E-state index >= 15 is 0 Å². The topological polar surface area (TPSA) is 84.9 Å². The van der Waals surface area contributed by atoms with E-state index in [2.05, 4.69) is 5.32 Å². The van der Waals surface area contributed by atoms with Crippen LogP contribution in [0.15, 0.2) is 42.5 Å². The molecular formula is C19H23ClN2O5S. The fraction of sp³-hybridized carbons (Fsp3) is 0.316. The minimum absolute atomic E-state index is 0.0708. The third-order valence-electron chi connectivity index (χ3n) is 4.05. The number of carbonyl (C=O) groups is 1. The lowest BCUT2D eigenvalue weighted by molar-refractivity contribution is -0.121. The third-order valence-corrected chi connectivity index (χ3v) is 5.50. The van der Waals surface area contributed by atoms with Crippen molar-refractivity contribution in [3.8, 4) is 11.5 Å². The second kappa shape index (κ2) is 9.77. The normalized spacial score (nSPS) is 11.3. The van der Waals surface area contributed by atoms with E-state index in [1.54, 1.807) is 42.5 Å². The number of ether oxygens (including phenoxy) is 2. The Morgan fingerprint density at radius 3 is 2.14 bits per heavy atom. The van der Waals surface area contributed by atoms with Crippen LogP contribution in [0.5, 0.6) is 11.5 Å². The molecule has 0 fully saturated rings. The van der Waals surface area contributed by atoms with Crippen molar-refractivity contribution in [3.63, 3.8) is 0 Å². The van der Waals surface area contributed by atoms with Crippen LogP contribution < -0.4 is 14.8 Å². The highest BCUT2D eigenvalue weighted by Crippen LogP contribution is 2.27. The Hall–Kier alpha value is -2.29. The highest BCUT2D eigenvalue weighted by atomic mass is 35.5. The molecule has 0 aliphatic heterocycles. The summed E-state index contributed by atoms with van der Waals surface area (Å²) >= 11 is 5.85. The minimum atomic E-state index is -3.59. The number of nitrogens with zero attached hydrogens (tertiary/aromatic N) is 1. The van der Waals surface area contributed by atoms with Gasteiger partial charge in [-0.1, -0.05) is 29.8 Å². The van der Waals surface area contributed by atoms with Gasteiger partial charge in [0.05, 0.1) is 39.1 Å². The van der Waals surface area contributed by atoms with E-state index in [-0.39, 0.29) is 19.6 Å². The second-order valence-electron chi connectivity index (χ2n) is 6.08. The Bertz CT molecular complexity index is 894. The van der Waals surface area contributed by atoms with Gasteiger partial charge in [-0.25, -0.2) is 8.42 Å². The van der Waals surface area contributed by atoms with Crippen LogP contribution in [0.4, 0.5) is 0 Å². The standard InChI is InChI=1S/C19H23ClN2O5S/c1-26-17-5-4-6-18(27-2)16(17)11-21-19(23)13-22(28(3,24)25)12-14-7-9-15(20)10-8-14/h4-10H,11-13H2,1-3H3,(H,21,23). The molecule has 2 aromatic carbocycles. The first kappa shape index (κ1) is 22.0. The fourth-order valence-corrected chi connectivity index (χ4v) is 3.45. The first-order valence-corrected chi connectivity index (χ1v) is 10.6. The maximum absolute atomic E-state index is 12.4. The van der Waals surface area contributed by atoms with Crippen LogP contribution in [0.1, 0.15) is 11.1 Å². The predicted octanol–water partition coefficient (Wildman–Crippen LogP) is 2.44. The van der Waals surface area contributed by atoms with Crippen molar-refractivity contribution in [1.82, 2.24) is 9.62 Å². The number of benzene rings is 2. The molecule has 0 spiro atoms. The van der Waals surface area contributed by atoms with Gasteiger partial charge >= 0.3 is 0 Å². The van der Waals surface area contributed by atoms with E-state index in [1.807, 2.05) is 0 Å². The quantitative estimate of drug-likeness (QED) is 0.665. The zero-order valence-electron chi connectivity index (χ0n) is 15.9. The number of amides is 1. The van der Waals surface area contributed by atoms with Crippen LogP contribution in [0.2, 0.25) is 5.02 Å². The van der Waals surface area contributed by atoms with Gasteiger partial charge in [-0.15, -0.1) is 0 Å². The number of rotatable bonds is 9. The number of nitrogens with one attached hydrogen (secondary N) is 1. The maximum atomic E-state index is 12.4. The summed E-state index contributed by atoms with van der Waals surface area (Å²) in [6.07, 6.45) is 1.07. The molecule has 28 heavy (non-hydrogen) atoms. The van der Waals surface area contributed by atoms with Gasteiger partial charge < -0.3 is 14.8 Å². The molecular weight excluding hydrogens is 404 g/mol. The molecule has 1 N–H and O–H groups in total. The highest BCUT2D eigenvalue weighted by molar-refractivity contribution is 7.88. The average Bonchev–Trinajstić information content (AvgIpc) is 2.66. The Labute approximate surface area is 170 Å². The van der Waals surface area contributed by atoms with E-state index in [1.165, 1.54) is 14.2 Å². The van der Waals surface area contributed by atoms with Crippen molar-refractivity contribution in [3.05, 3.63) is 58.6 Å². The van der Waals surface area contributed by atoms with E-state index < -0.39 is 15.9 Å². The molecule has 2 aromatic rings. The first-order valence-electron chi connectivity index (χ1n) is 8.40. The summed E-state index contributed by atoms with van der Waals surface area (Å²) in [4.78, 5) is 12.4. The van der Waals surface area contributed by atoms with Gasteiger partial charge in [0.2, 0.25) is 15.9 Å². The number of hydrogen-bond acceptors (Lipinski definition) is 5. The number of halogens is 1. The Morgan fingerprint density at radius 2 is 1.64 bits per heavy atom. The van der Waals surface area contributed by atoms with Crippen LogP contribution in [0.3, 0.4) is 0 Å². The van der Waals surface area contributed by atoms with Crippen LogP contribution in [0, 0.1) is 0 Å². The molecule has 152 valence electrons. The summed E-state index contributed by atoms with van der Waals surface area (Å²) in [7, 11) is -0.536. The summed E-state index contributed by atoms with van der Waals surface area (Å²) < 4.78 is 35.9. The lowest BCUT2D eigenvalue weighted by Crippen LogP contribution is -2.39. The minimum Gasteiger partial charge on any atom is -0.496 e. The fourth-order valence-electron chi connectivity index (χ4n) is 2.59. The van der Waals surface area contributed by atoms with Crippen molar-refractivity contribution in [2.24, 2.45) is 0 Å². The third kappa shape index (κ3) is 6.12. The SMILES string of the molecule is COc1cccc(OC)c1CNC(=O)CN(Cc1ccc(Cl)cc1)S(C)(=O)=O. The molecule has 0 saturated heterocycles. The molecule has 1 amide bonds. The molecule has 0 aromatic heterocycles. The predicted molar refractivity (Wildman–Crippen MR) is 108 cm³/mol. The molecule has 0 aliphatic carbocycles. The van der Waals surface area contributed by atoms with Gasteiger partial charge in [0, 0.05) is 11.6 Å². The van der Waals surface area contributed by atoms with Crippen molar-refractivity contribution < 1.29 is 22.7 Å². The van der Waals surface area contributed by atoms with E-state index in [9.17, 15) is 13.2 Å². The molecule has 0 aliphatic rings. The molecule has 0 bridgehead atoms. The van der Waals surface area contributed by atoms with Crippen molar-refractivity contribution in [2.75, 3.05) is 27.0 Å². The van der Waals surface area contributed by atoms with Gasteiger partial charge in [0.15, 0.2) is 0 Å². The van der Waals surface area contributed by atoms with Crippen LogP contribution in [-0.4, -0.2) is 45.7 Å². The second-order valence-corrected chi connectivity index (χ2v) is 8.49. The maximum Gasteiger partial charge on any atom is 0.235 e. The van der Waals surface area contributed by atoms with Crippen LogP contribution in [-0.2, 0) is 27.9 Å². The lowest BCUT2D eigenvalue weighted by atomic mass is 10.1. The van der Waals surface area contributed by atoms with Crippen molar-refractivity contribution >= 4 is 27.5 Å².